The number of hydrogen-bond donors (Lipinski definition) is 2. The highest BCUT2D eigenvalue weighted by Gasteiger charge is 2.40. The number of hydrogen-bond acceptors (Lipinski definition) is 10. The summed E-state index contributed by atoms with van der Waals surface area (Å²) in [6, 6.07) is 26.2. The van der Waals surface area contributed by atoms with Crippen LogP contribution in [-0.4, -0.2) is 44.0 Å². The standard InChI is InChI=1S/C55H64Cl4N6O5S/c1-8-10-11-12-13-14-15-16-17-18-19-46(70-39-25-22-36(23-26-39)55(4,5)9-2)53(66)60-38-24-29-41(57)44(32-38)61-52-50(54(67)65(64-52)51-42(58)30-37(56)31-43(51)59)63-62-45-33-48(69-7)49(34-47(45)68-6)71-40-27-20-35(3)21-28-40/h20-34,46,50H,8-19H2,1-7H3,(H,60,66)(H,61,64). The summed E-state index contributed by atoms with van der Waals surface area (Å²) in [5.41, 5.74) is 3.51. The zero-order valence-corrected chi connectivity index (χ0v) is 45.4. The molecule has 0 fully saturated rings. The molecule has 16 heteroatoms. The third kappa shape index (κ3) is 15.3. The Kier molecular flexibility index (Phi) is 20.8. The number of nitrogens with one attached hydrogen (secondary N) is 2. The maximum Gasteiger partial charge on any atom is 0.282 e. The van der Waals surface area contributed by atoms with E-state index in [1.807, 2.05) is 43.3 Å². The second-order valence-electron chi connectivity index (χ2n) is 18.2. The molecule has 0 saturated heterocycles. The summed E-state index contributed by atoms with van der Waals surface area (Å²) in [7, 11) is 3.08. The van der Waals surface area contributed by atoms with Crippen molar-refractivity contribution in [3.8, 4) is 17.2 Å². The van der Waals surface area contributed by atoms with Gasteiger partial charge in [0.25, 0.3) is 11.8 Å². The number of nitrogens with zero attached hydrogens (tertiary/aromatic N) is 4. The first kappa shape index (κ1) is 55.3. The Bertz CT molecular complexity index is 2640. The number of azo groups is 1. The summed E-state index contributed by atoms with van der Waals surface area (Å²) in [4.78, 5) is 30.4. The average Bonchev–Trinajstić information content (AvgIpc) is 3.65. The van der Waals surface area contributed by atoms with Crippen LogP contribution < -0.4 is 29.9 Å². The predicted molar refractivity (Wildman–Crippen MR) is 294 cm³/mol. The van der Waals surface area contributed by atoms with Gasteiger partial charge in [-0.1, -0.05) is 173 Å². The molecule has 0 radical (unpaired) electrons. The van der Waals surface area contributed by atoms with Crippen molar-refractivity contribution in [3.63, 3.8) is 0 Å². The molecule has 1 aliphatic rings. The second kappa shape index (κ2) is 26.6. The quantitative estimate of drug-likeness (QED) is 0.0440. The number of amidine groups is 1. The summed E-state index contributed by atoms with van der Waals surface area (Å²) in [6.07, 6.45) is 12.5. The number of anilines is 3. The molecule has 6 rings (SSSR count). The molecule has 71 heavy (non-hydrogen) atoms. The van der Waals surface area contributed by atoms with Crippen LogP contribution in [0.4, 0.5) is 22.7 Å². The molecule has 2 N–H and O–H groups in total. The summed E-state index contributed by atoms with van der Waals surface area (Å²) in [6.45, 7) is 10.9. The van der Waals surface area contributed by atoms with Crippen molar-refractivity contribution in [1.29, 1.82) is 0 Å². The van der Waals surface area contributed by atoms with Gasteiger partial charge in [0, 0.05) is 27.7 Å². The van der Waals surface area contributed by atoms with E-state index >= 15 is 0 Å². The van der Waals surface area contributed by atoms with E-state index in [0.717, 1.165) is 46.0 Å². The van der Waals surface area contributed by atoms with Gasteiger partial charge in [-0.3, -0.25) is 9.59 Å². The molecule has 0 saturated carbocycles. The first-order chi connectivity index (χ1) is 34.1. The molecule has 2 atom stereocenters. The largest absolute Gasteiger partial charge is 0.495 e. The maximum absolute atomic E-state index is 14.4. The Morgan fingerprint density at radius 2 is 1.42 bits per heavy atom. The van der Waals surface area contributed by atoms with E-state index in [-0.39, 0.29) is 42.9 Å². The normalized spacial score (nSPS) is 14.2. The third-order valence-corrected chi connectivity index (χ3v) is 14.7. The van der Waals surface area contributed by atoms with E-state index in [1.165, 1.54) is 81.5 Å². The molecule has 1 aliphatic heterocycles. The molecular formula is C55H64Cl4N6O5S. The van der Waals surface area contributed by atoms with Crippen molar-refractivity contribution in [2.75, 3.05) is 29.9 Å². The van der Waals surface area contributed by atoms with Gasteiger partial charge in [0.15, 0.2) is 11.9 Å². The molecule has 1 heterocycles. The van der Waals surface area contributed by atoms with Crippen LogP contribution in [0.1, 0.15) is 116 Å². The van der Waals surface area contributed by atoms with Crippen LogP contribution in [0.5, 0.6) is 17.2 Å². The molecule has 11 nitrogen and oxygen atoms in total. The van der Waals surface area contributed by atoms with Crippen molar-refractivity contribution < 1.29 is 23.8 Å². The fourth-order valence-corrected chi connectivity index (χ4v) is 9.95. The second-order valence-corrected chi connectivity index (χ2v) is 21.0. The van der Waals surface area contributed by atoms with E-state index in [1.54, 1.807) is 37.4 Å². The molecule has 0 spiro atoms. The number of aryl methyl sites for hydroxylation is 1. The summed E-state index contributed by atoms with van der Waals surface area (Å²) in [5.74, 6) is 0.639. The minimum atomic E-state index is -1.35. The van der Waals surface area contributed by atoms with E-state index in [4.69, 9.17) is 60.6 Å². The lowest BCUT2D eigenvalue weighted by molar-refractivity contribution is -0.123. The van der Waals surface area contributed by atoms with Gasteiger partial charge < -0.3 is 24.8 Å². The van der Waals surface area contributed by atoms with Gasteiger partial charge in [0.1, 0.15) is 28.6 Å². The summed E-state index contributed by atoms with van der Waals surface area (Å²) >= 11 is 27.8. The average molecular weight is 1060 g/mol. The number of amides is 2. The number of unbranched alkanes of at least 4 members (excludes halogenated alkanes) is 9. The first-order valence-electron chi connectivity index (χ1n) is 24.3. The minimum absolute atomic E-state index is 0.00964. The molecule has 2 unspecified atom stereocenters. The smallest absolute Gasteiger partial charge is 0.282 e. The number of ether oxygens (including phenoxy) is 3. The fraction of sp³-hybridized carbons (Fsp3) is 0.400. The van der Waals surface area contributed by atoms with Crippen LogP contribution in [0.2, 0.25) is 20.1 Å². The molecule has 5 aromatic carbocycles. The predicted octanol–water partition coefficient (Wildman–Crippen LogP) is 17.1. The highest BCUT2D eigenvalue weighted by atomic mass is 35.5. The van der Waals surface area contributed by atoms with Crippen molar-refractivity contribution >= 4 is 98.6 Å². The molecule has 2 amide bonds. The van der Waals surface area contributed by atoms with Gasteiger partial charge >= 0.3 is 0 Å². The number of halogens is 4. The Morgan fingerprint density at radius 1 is 0.789 bits per heavy atom. The van der Waals surface area contributed by atoms with Crippen molar-refractivity contribution in [1.82, 2.24) is 0 Å². The zero-order valence-electron chi connectivity index (χ0n) is 41.6. The van der Waals surface area contributed by atoms with Gasteiger partial charge in [-0.15, -0.1) is 5.10 Å². The van der Waals surface area contributed by atoms with Crippen LogP contribution in [0.25, 0.3) is 0 Å². The number of benzene rings is 5. The number of hydrazone groups is 1. The van der Waals surface area contributed by atoms with Crippen LogP contribution >= 0.6 is 58.2 Å². The Balaban J connectivity index is 1.25. The zero-order chi connectivity index (χ0) is 51.1. The number of carbonyl (C=O) groups excluding carboxylic acids is 2. The number of methoxy groups -OCH3 is 2. The van der Waals surface area contributed by atoms with Gasteiger partial charge in [-0.25, -0.2) is 0 Å². The minimum Gasteiger partial charge on any atom is -0.495 e. The van der Waals surface area contributed by atoms with Crippen LogP contribution in [-0.2, 0) is 15.0 Å². The van der Waals surface area contributed by atoms with E-state index in [2.05, 4.69) is 65.8 Å². The first-order valence-corrected chi connectivity index (χ1v) is 26.6. The van der Waals surface area contributed by atoms with E-state index in [9.17, 15) is 9.59 Å². The Labute approximate surface area is 443 Å². The van der Waals surface area contributed by atoms with Crippen LogP contribution in [0, 0.1) is 6.92 Å². The van der Waals surface area contributed by atoms with Gasteiger partial charge in [0.2, 0.25) is 6.04 Å². The molecule has 0 bridgehead atoms. The number of rotatable bonds is 25. The lowest BCUT2D eigenvalue weighted by Gasteiger charge is -2.24. The van der Waals surface area contributed by atoms with Crippen molar-refractivity contribution in [3.05, 3.63) is 122 Å². The van der Waals surface area contributed by atoms with Crippen LogP contribution in [0.15, 0.2) is 116 Å². The topological polar surface area (TPSA) is 126 Å². The number of carbonyl (C=O) groups is 2. The fourth-order valence-electron chi connectivity index (χ4n) is 7.88. The van der Waals surface area contributed by atoms with Crippen LogP contribution in [0.3, 0.4) is 0 Å². The highest BCUT2D eigenvalue weighted by molar-refractivity contribution is 7.99. The summed E-state index contributed by atoms with van der Waals surface area (Å²) in [5, 5.41) is 21.7. The monoisotopic (exact) mass is 1060 g/mol. The van der Waals surface area contributed by atoms with Crippen molar-refractivity contribution in [2.24, 2.45) is 15.3 Å². The lowest BCUT2D eigenvalue weighted by atomic mass is 9.82. The molecule has 0 aliphatic carbocycles. The molecular weight excluding hydrogens is 999 g/mol. The molecule has 378 valence electrons. The summed E-state index contributed by atoms with van der Waals surface area (Å²) < 4.78 is 18.0. The Morgan fingerprint density at radius 3 is 2.04 bits per heavy atom. The SMILES string of the molecule is CCCCCCCCCCCCC(Oc1ccc(C(C)(C)CC)cc1)C(=O)Nc1ccc(Cl)c(NC2=NN(c3c(Cl)cc(Cl)cc3Cl)C(=O)C2N=Nc2cc(OC)c(Sc3ccc(C)cc3)cc2OC)c1. The molecule has 0 aromatic heterocycles. The van der Waals surface area contributed by atoms with Gasteiger partial charge in [-0.05, 0) is 91.8 Å². The van der Waals surface area contributed by atoms with Gasteiger partial charge in [-0.2, -0.15) is 15.2 Å². The third-order valence-electron chi connectivity index (χ3n) is 12.5. The lowest BCUT2D eigenvalue weighted by Crippen LogP contribution is -2.33. The van der Waals surface area contributed by atoms with E-state index < -0.39 is 18.1 Å². The maximum atomic E-state index is 14.4. The molecule has 5 aromatic rings. The van der Waals surface area contributed by atoms with Gasteiger partial charge in [0.05, 0.1) is 39.9 Å². The van der Waals surface area contributed by atoms with Crippen molar-refractivity contribution in [2.45, 2.75) is 139 Å². The Hall–Kier alpha value is -4.98. The van der Waals surface area contributed by atoms with E-state index in [0.29, 0.717) is 40.7 Å². The highest BCUT2D eigenvalue weighted by Crippen LogP contribution is 2.44.